The maximum absolute atomic E-state index is 15.1. The van der Waals surface area contributed by atoms with Crippen LogP contribution in [0.25, 0.3) is 0 Å². The van der Waals surface area contributed by atoms with E-state index in [9.17, 15) is 14.3 Å². The van der Waals surface area contributed by atoms with E-state index in [1.165, 1.54) is 12.1 Å². The zero-order valence-corrected chi connectivity index (χ0v) is 20.3. The van der Waals surface area contributed by atoms with E-state index < -0.39 is 11.7 Å². The van der Waals surface area contributed by atoms with E-state index in [-0.39, 0.29) is 29.6 Å². The Morgan fingerprint density at radius 1 is 1.03 bits per heavy atom. The average Bonchev–Trinajstić information content (AvgIpc) is 3.30. The molecule has 3 heterocycles. The van der Waals surface area contributed by atoms with Gasteiger partial charge >= 0.3 is 0 Å². The number of nitrogens with zero attached hydrogens (tertiary/aromatic N) is 2. The molecule has 3 aliphatic heterocycles. The maximum atomic E-state index is 15.1. The summed E-state index contributed by atoms with van der Waals surface area (Å²) in [4.78, 5) is 16.1. The molecule has 1 saturated heterocycles. The number of hydrogen-bond donors (Lipinski definition) is 2. The van der Waals surface area contributed by atoms with Crippen LogP contribution in [0, 0.1) is 17.1 Å². The number of rotatable bonds is 8. The molecule has 5 nitrogen and oxygen atoms in total. The van der Waals surface area contributed by atoms with Crippen molar-refractivity contribution in [2.24, 2.45) is 5.92 Å². The highest BCUT2D eigenvalue weighted by Gasteiger charge is 2.37. The van der Waals surface area contributed by atoms with Gasteiger partial charge in [0.2, 0.25) is 5.91 Å². The lowest BCUT2D eigenvalue weighted by Crippen LogP contribution is -2.37. The zero-order valence-electron chi connectivity index (χ0n) is 20.3. The summed E-state index contributed by atoms with van der Waals surface area (Å²) in [6, 6.07) is 6.95. The second-order valence-corrected chi connectivity index (χ2v) is 10.3. The van der Waals surface area contributed by atoms with Crippen molar-refractivity contribution in [3.63, 3.8) is 0 Å². The third kappa shape index (κ3) is 4.88. The molecule has 0 bridgehead atoms. The van der Waals surface area contributed by atoms with Crippen molar-refractivity contribution in [1.29, 1.82) is 5.41 Å². The Morgan fingerprint density at radius 3 is 2.47 bits per heavy atom. The fourth-order valence-corrected chi connectivity index (χ4v) is 5.89. The molecule has 0 aliphatic carbocycles. The minimum Gasteiger partial charge on any atom is -0.507 e. The van der Waals surface area contributed by atoms with Crippen LogP contribution in [0.3, 0.4) is 0 Å². The van der Waals surface area contributed by atoms with Crippen molar-refractivity contribution in [3.8, 4) is 5.75 Å². The number of unbranched alkanes of at least 4 members (excludes halogenated alkanes) is 1. The average molecular weight is 500 g/mol. The molecule has 1 fully saturated rings. The van der Waals surface area contributed by atoms with Crippen molar-refractivity contribution < 1.29 is 23.1 Å². The quantitative estimate of drug-likeness (QED) is 0.377. The Hall–Kier alpha value is -2.87. The topological polar surface area (TPSA) is 67.6 Å². The van der Waals surface area contributed by atoms with Gasteiger partial charge in [-0.3, -0.25) is 4.79 Å². The molecule has 0 radical (unpaired) electrons. The summed E-state index contributed by atoms with van der Waals surface area (Å²) in [5.74, 6) is -3.54. The molecule has 0 aromatic heterocycles. The lowest BCUT2D eigenvalue weighted by atomic mass is 9.87. The number of piperidine rings is 1. The first-order valence-corrected chi connectivity index (χ1v) is 12.9. The summed E-state index contributed by atoms with van der Waals surface area (Å²) < 4.78 is 43.4. The van der Waals surface area contributed by atoms with Crippen LogP contribution in [-0.2, 0) is 23.6 Å². The van der Waals surface area contributed by atoms with Gasteiger partial charge < -0.3 is 20.3 Å². The molecule has 0 saturated carbocycles. The van der Waals surface area contributed by atoms with Crippen LogP contribution in [0.15, 0.2) is 30.3 Å². The van der Waals surface area contributed by atoms with Crippen molar-refractivity contribution >= 4 is 17.3 Å². The molecule has 0 unspecified atom stereocenters. The van der Waals surface area contributed by atoms with Gasteiger partial charge in [-0.25, -0.2) is 13.2 Å². The standard InChI is InChI=1S/C28H32F3N3O2/c29-22-4-5-23(24(35)17-22)26(32)18-7-12-33(13-8-18)11-2-1-10-28(30,31)21-15-19-3-6-25(36)34-14-9-20(16-21)27(19)34/h4-5,15-18,32,35H,1-3,6-14H2. The maximum Gasteiger partial charge on any atom is 0.273 e. The molecule has 5 rings (SSSR count). The first kappa shape index (κ1) is 24.8. The van der Waals surface area contributed by atoms with Crippen molar-refractivity contribution in [2.75, 3.05) is 31.1 Å². The molecule has 2 aromatic rings. The number of aryl methyl sites for hydroxylation is 1. The van der Waals surface area contributed by atoms with E-state index >= 15 is 8.78 Å². The molecule has 0 atom stereocenters. The lowest BCUT2D eigenvalue weighted by Gasteiger charge is -2.32. The van der Waals surface area contributed by atoms with E-state index in [1.54, 1.807) is 17.0 Å². The molecule has 2 N–H and O–H groups in total. The minimum atomic E-state index is -2.89. The summed E-state index contributed by atoms with van der Waals surface area (Å²) in [6.45, 7) is 2.88. The third-order valence-electron chi connectivity index (χ3n) is 7.93. The summed E-state index contributed by atoms with van der Waals surface area (Å²) in [5, 5.41) is 18.4. The number of anilines is 1. The number of hydrogen-bond acceptors (Lipinski definition) is 4. The smallest absolute Gasteiger partial charge is 0.273 e. The number of nitrogens with one attached hydrogen (secondary N) is 1. The molecule has 36 heavy (non-hydrogen) atoms. The van der Waals surface area contributed by atoms with E-state index in [0.29, 0.717) is 49.9 Å². The number of likely N-dealkylation sites (tertiary alicyclic amines) is 1. The minimum absolute atomic E-state index is 0.00555. The number of halogens is 3. The van der Waals surface area contributed by atoms with Gasteiger partial charge in [-0.2, -0.15) is 0 Å². The summed E-state index contributed by atoms with van der Waals surface area (Å²) in [7, 11) is 0. The summed E-state index contributed by atoms with van der Waals surface area (Å²) >= 11 is 0. The molecule has 8 heteroatoms. The molecule has 1 amide bonds. The molecular formula is C28H32F3N3O2. The van der Waals surface area contributed by atoms with Gasteiger partial charge in [0, 0.05) is 48.2 Å². The highest BCUT2D eigenvalue weighted by molar-refractivity contribution is 6.02. The van der Waals surface area contributed by atoms with Gasteiger partial charge in [0.1, 0.15) is 11.6 Å². The molecular weight excluding hydrogens is 467 g/mol. The van der Waals surface area contributed by atoms with Crippen molar-refractivity contribution in [2.45, 2.75) is 57.3 Å². The van der Waals surface area contributed by atoms with E-state index in [1.807, 2.05) is 0 Å². The second-order valence-electron chi connectivity index (χ2n) is 10.3. The highest BCUT2D eigenvalue weighted by atomic mass is 19.3. The predicted molar refractivity (Wildman–Crippen MR) is 133 cm³/mol. The van der Waals surface area contributed by atoms with Crippen molar-refractivity contribution in [1.82, 2.24) is 4.90 Å². The van der Waals surface area contributed by atoms with Crippen LogP contribution in [0.5, 0.6) is 5.75 Å². The second kappa shape index (κ2) is 9.88. The van der Waals surface area contributed by atoms with Crippen LogP contribution in [0.2, 0.25) is 0 Å². The number of aromatic hydroxyl groups is 1. The fourth-order valence-electron chi connectivity index (χ4n) is 5.89. The van der Waals surface area contributed by atoms with Gasteiger partial charge in [-0.1, -0.05) is 0 Å². The van der Waals surface area contributed by atoms with Gasteiger partial charge in [0.15, 0.2) is 0 Å². The van der Waals surface area contributed by atoms with Crippen LogP contribution >= 0.6 is 0 Å². The van der Waals surface area contributed by atoms with E-state index in [2.05, 4.69) is 4.90 Å². The third-order valence-corrected chi connectivity index (χ3v) is 7.93. The number of carbonyl (C=O) groups excluding carboxylic acids is 1. The number of phenolic OH excluding ortho intramolecular Hbond substituents is 1. The number of carbonyl (C=O) groups is 1. The molecule has 0 spiro atoms. The number of alkyl halides is 2. The Balaban J connectivity index is 1.10. The normalized spacial score (nSPS) is 18.5. The SMILES string of the molecule is N=C(c1ccc(F)cc1O)C1CCN(CCCCC(F)(F)c2cc3c4c(c2)CCN4C(=O)CC3)CC1. The monoisotopic (exact) mass is 499 g/mol. The van der Waals surface area contributed by atoms with Crippen LogP contribution in [-0.4, -0.2) is 47.8 Å². The van der Waals surface area contributed by atoms with E-state index in [0.717, 1.165) is 55.4 Å². The lowest BCUT2D eigenvalue weighted by molar-refractivity contribution is -0.118. The number of benzene rings is 2. The first-order chi connectivity index (χ1) is 17.2. The van der Waals surface area contributed by atoms with Crippen LogP contribution in [0.4, 0.5) is 18.9 Å². The Labute approximate surface area is 209 Å². The Morgan fingerprint density at radius 2 is 1.75 bits per heavy atom. The van der Waals surface area contributed by atoms with Gasteiger partial charge in [0.25, 0.3) is 5.92 Å². The highest BCUT2D eigenvalue weighted by Crippen LogP contribution is 2.42. The van der Waals surface area contributed by atoms with Crippen LogP contribution < -0.4 is 4.90 Å². The molecule has 192 valence electrons. The van der Waals surface area contributed by atoms with Gasteiger partial charge in [-0.15, -0.1) is 0 Å². The molecule has 2 aromatic carbocycles. The van der Waals surface area contributed by atoms with Gasteiger partial charge in [0.05, 0.1) is 5.69 Å². The Bertz CT molecular complexity index is 1170. The summed E-state index contributed by atoms with van der Waals surface area (Å²) in [6.07, 6.45) is 3.98. The predicted octanol–water partition coefficient (Wildman–Crippen LogP) is 5.41. The zero-order chi connectivity index (χ0) is 25.4. The number of phenols is 1. The van der Waals surface area contributed by atoms with Crippen LogP contribution in [0.1, 0.15) is 60.8 Å². The van der Waals surface area contributed by atoms with E-state index in [4.69, 9.17) is 5.41 Å². The Kier molecular flexibility index (Phi) is 6.81. The van der Waals surface area contributed by atoms with Gasteiger partial charge in [-0.05, 0) is 93.6 Å². The van der Waals surface area contributed by atoms with Crippen molar-refractivity contribution in [3.05, 3.63) is 58.4 Å². The largest absolute Gasteiger partial charge is 0.507 e. The number of amides is 1. The first-order valence-electron chi connectivity index (χ1n) is 12.9. The molecule has 3 aliphatic rings. The summed E-state index contributed by atoms with van der Waals surface area (Å²) in [5.41, 5.74) is 3.40. The fraction of sp³-hybridized carbons (Fsp3) is 0.500.